The first kappa shape index (κ1) is 15.1. The van der Waals surface area contributed by atoms with Gasteiger partial charge in [-0.3, -0.25) is 4.90 Å². The van der Waals surface area contributed by atoms with Gasteiger partial charge in [0.05, 0.1) is 13.2 Å². The Morgan fingerprint density at radius 3 is 2.63 bits per heavy atom. The van der Waals surface area contributed by atoms with Crippen molar-refractivity contribution in [1.82, 2.24) is 10.2 Å². The Hall–Kier alpha value is -0.260. The zero-order chi connectivity index (χ0) is 13.3. The summed E-state index contributed by atoms with van der Waals surface area (Å²) in [7, 11) is 0. The normalized spacial score (nSPS) is 16.7. The molecule has 0 saturated carbocycles. The summed E-state index contributed by atoms with van der Waals surface area (Å²) in [5, 5.41) is 4.28. The van der Waals surface area contributed by atoms with Crippen molar-refractivity contribution in [2.24, 2.45) is 0 Å². The molecule has 1 N–H and O–H groups in total. The minimum Gasteiger partial charge on any atom is -0.379 e. The van der Waals surface area contributed by atoms with E-state index in [0.29, 0.717) is 0 Å². The van der Waals surface area contributed by atoms with Crippen molar-refractivity contribution in [3.63, 3.8) is 0 Å². The fourth-order valence-corrected chi connectivity index (χ4v) is 2.90. The summed E-state index contributed by atoms with van der Waals surface area (Å²) in [5.41, 5.74) is 0. The van der Waals surface area contributed by atoms with Crippen LogP contribution in [-0.4, -0.2) is 56.6 Å². The van der Waals surface area contributed by atoms with Gasteiger partial charge in [0, 0.05) is 48.4 Å². The van der Waals surface area contributed by atoms with Crippen LogP contribution < -0.4 is 5.32 Å². The number of halogens is 1. The van der Waals surface area contributed by atoms with Crippen LogP contribution in [0.4, 0.5) is 0 Å². The summed E-state index contributed by atoms with van der Waals surface area (Å²) in [5.74, 6) is 1.09. The number of nitrogens with one attached hydrogen (secondary N) is 1. The molecular formula is C14H21ClN2OS. The maximum atomic E-state index is 5.85. The molecule has 0 radical (unpaired) electrons. The van der Waals surface area contributed by atoms with Crippen LogP contribution >= 0.6 is 23.4 Å². The van der Waals surface area contributed by atoms with Gasteiger partial charge in [-0.2, -0.15) is 0 Å². The topological polar surface area (TPSA) is 24.5 Å². The van der Waals surface area contributed by atoms with Crippen LogP contribution in [0, 0.1) is 0 Å². The van der Waals surface area contributed by atoms with Crippen LogP contribution in [-0.2, 0) is 4.74 Å². The van der Waals surface area contributed by atoms with E-state index in [4.69, 9.17) is 16.3 Å². The van der Waals surface area contributed by atoms with Crippen LogP contribution in [0.3, 0.4) is 0 Å². The molecule has 0 bridgehead atoms. The largest absolute Gasteiger partial charge is 0.379 e. The van der Waals surface area contributed by atoms with E-state index in [2.05, 4.69) is 22.3 Å². The van der Waals surface area contributed by atoms with Crippen LogP contribution in [0.2, 0.25) is 5.02 Å². The van der Waals surface area contributed by atoms with Gasteiger partial charge in [-0.15, -0.1) is 11.8 Å². The van der Waals surface area contributed by atoms with Crippen molar-refractivity contribution < 1.29 is 4.74 Å². The fraction of sp³-hybridized carbons (Fsp3) is 0.571. The fourth-order valence-electron chi connectivity index (χ4n) is 1.96. The molecule has 1 aromatic rings. The summed E-state index contributed by atoms with van der Waals surface area (Å²) >= 11 is 7.71. The third-order valence-electron chi connectivity index (χ3n) is 3.07. The number of hydrogen-bond donors (Lipinski definition) is 1. The van der Waals surface area contributed by atoms with E-state index in [-0.39, 0.29) is 0 Å². The second-order valence-corrected chi connectivity index (χ2v) is 6.11. The van der Waals surface area contributed by atoms with Gasteiger partial charge in [-0.25, -0.2) is 0 Å². The molecule has 0 aromatic heterocycles. The van der Waals surface area contributed by atoms with Crippen LogP contribution in [0.5, 0.6) is 0 Å². The van der Waals surface area contributed by atoms with Crippen LogP contribution in [0.25, 0.3) is 0 Å². The highest BCUT2D eigenvalue weighted by Crippen LogP contribution is 2.19. The van der Waals surface area contributed by atoms with E-state index in [1.165, 1.54) is 4.90 Å². The second-order valence-electron chi connectivity index (χ2n) is 4.51. The van der Waals surface area contributed by atoms with Gasteiger partial charge in [-0.1, -0.05) is 11.6 Å². The molecule has 5 heteroatoms. The van der Waals surface area contributed by atoms with Gasteiger partial charge in [0.1, 0.15) is 0 Å². The summed E-state index contributed by atoms with van der Waals surface area (Å²) in [6.07, 6.45) is 0. The molecule has 3 nitrogen and oxygen atoms in total. The lowest BCUT2D eigenvalue weighted by atomic mass is 10.4. The highest BCUT2D eigenvalue weighted by molar-refractivity contribution is 7.99. The van der Waals surface area contributed by atoms with Gasteiger partial charge in [0.15, 0.2) is 0 Å². The third kappa shape index (κ3) is 6.15. The minimum absolute atomic E-state index is 0.799. The Bertz CT molecular complexity index is 355. The van der Waals surface area contributed by atoms with E-state index in [9.17, 15) is 0 Å². The summed E-state index contributed by atoms with van der Waals surface area (Å²) in [6.45, 7) is 7.12. The Kier molecular flexibility index (Phi) is 7.03. The molecule has 1 saturated heterocycles. The van der Waals surface area contributed by atoms with Crippen molar-refractivity contribution >= 4 is 23.4 Å². The smallest absolute Gasteiger partial charge is 0.0594 e. The molecule has 1 fully saturated rings. The molecule has 2 rings (SSSR count). The average Bonchev–Trinajstić information content (AvgIpc) is 2.46. The van der Waals surface area contributed by atoms with Gasteiger partial charge in [0.25, 0.3) is 0 Å². The van der Waals surface area contributed by atoms with Crippen molar-refractivity contribution in [3.8, 4) is 0 Å². The first-order valence-electron chi connectivity index (χ1n) is 6.74. The number of thioether (sulfide) groups is 1. The van der Waals surface area contributed by atoms with Crippen LogP contribution in [0.15, 0.2) is 29.2 Å². The number of benzene rings is 1. The molecule has 1 aliphatic heterocycles. The first-order valence-corrected chi connectivity index (χ1v) is 8.10. The molecular weight excluding hydrogens is 280 g/mol. The number of morpholine rings is 1. The van der Waals surface area contributed by atoms with Gasteiger partial charge in [-0.05, 0) is 24.3 Å². The predicted molar refractivity (Wildman–Crippen MR) is 82.3 cm³/mol. The van der Waals surface area contributed by atoms with Gasteiger partial charge in [0.2, 0.25) is 0 Å². The molecule has 0 unspecified atom stereocenters. The SMILES string of the molecule is Clc1ccc(SCCNCCN2CCOCC2)cc1. The number of ether oxygens (including phenoxy) is 1. The summed E-state index contributed by atoms with van der Waals surface area (Å²) < 4.78 is 5.33. The monoisotopic (exact) mass is 300 g/mol. The van der Waals surface area contributed by atoms with E-state index < -0.39 is 0 Å². The van der Waals surface area contributed by atoms with E-state index in [0.717, 1.165) is 56.7 Å². The molecule has 1 heterocycles. The standard InChI is InChI=1S/C14H21ClN2OS/c15-13-1-3-14(4-2-13)19-12-6-16-5-7-17-8-10-18-11-9-17/h1-4,16H,5-12H2. The second kappa shape index (κ2) is 8.82. The summed E-state index contributed by atoms with van der Waals surface area (Å²) in [4.78, 5) is 3.72. The molecule has 106 valence electrons. The van der Waals surface area contributed by atoms with Gasteiger partial charge < -0.3 is 10.1 Å². The van der Waals surface area contributed by atoms with E-state index >= 15 is 0 Å². The van der Waals surface area contributed by atoms with Crippen molar-refractivity contribution in [2.45, 2.75) is 4.90 Å². The highest BCUT2D eigenvalue weighted by atomic mass is 35.5. The lowest BCUT2D eigenvalue weighted by Crippen LogP contribution is -2.40. The maximum Gasteiger partial charge on any atom is 0.0594 e. The lowest BCUT2D eigenvalue weighted by Gasteiger charge is -2.26. The van der Waals surface area contributed by atoms with E-state index in [1.807, 2.05) is 23.9 Å². The zero-order valence-corrected chi connectivity index (χ0v) is 12.7. The predicted octanol–water partition coefficient (Wildman–Crippen LogP) is 2.35. The Labute approximate surface area is 124 Å². The molecule has 0 amide bonds. The van der Waals surface area contributed by atoms with Crippen molar-refractivity contribution in [1.29, 1.82) is 0 Å². The number of nitrogens with zero attached hydrogens (tertiary/aromatic N) is 1. The lowest BCUT2D eigenvalue weighted by molar-refractivity contribution is 0.0385. The first-order chi connectivity index (χ1) is 9.34. The Morgan fingerprint density at radius 1 is 1.16 bits per heavy atom. The quantitative estimate of drug-likeness (QED) is 0.617. The molecule has 1 aliphatic rings. The van der Waals surface area contributed by atoms with Gasteiger partial charge >= 0.3 is 0 Å². The van der Waals surface area contributed by atoms with Crippen molar-refractivity contribution in [2.75, 3.05) is 51.7 Å². The maximum absolute atomic E-state index is 5.85. The molecule has 0 aliphatic carbocycles. The highest BCUT2D eigenvalue weighted by Gasteiger charge is 2.08. The minimum atomic E-state index is 0.799. The number of hydrogen-bond acceptors (Lipinski definition) is 4. The molecule has 0 atom stereocenters. The van der Waals surface area contributed by atoms with Crippen molar-refractivity contribution in [3.05, 3.63) is 29.3 Å². The molecule has 1 aromatic carbocycles. The average molecular weight is 301 g/mol. The number of rotatable bonds is 7. The molecule has 0 spiro atoms. The molecule has 19 heavy (non-hydrogen) atoms. The van der Waals surface area contributed by atoms with E-state index in [1.54, 1.807) is 0 Å². The van der Waals surface area contributed by atoms with Crippen LogP contribution in [0.1, 0.15) is 0 Å². The zero-order valence-electron chi connectivity index (χ0n) is 11.1. The Morgan fingerprint density at radius 2 is 1.89 bits per heavy atom. The Balaban J connectivity index is 1.49. The third-order valence-corrected chi connectivity index (χ3v) is 4.34. The summed E-state index contributed by atoms with van der Waals surface area (Å²) in [6, 6.07) is 8.02.